The van der Waals surface area contributed by atoms with Crippen LogP contribution in [-0.2, 0) is 28.6 Å². The Morgan fingerprint density at radius 2 is 0.513 bits per heavy atom. The molecule has 6 heteroatoms. The molecule has 76 heavy (non-hydrogen) atoms. The van der Waals surface area contributed by atoms with Gasteiger partial charge in [0.2, 0.25) is 0 Å². The van der Waals surface area contributed by atoms with Crippen molar-refractivity contribution in [3.05, 3.63) is 122 Å². The fourth-order valence-electron chi connectivity index (χ4n) is 8.49. The molecule has 0 saturated carbocycles. The minimum absolute atomic E-state index is 0.0926. The first kappa shape index (κ1) is 71.8. The van der Waals surface area contributed by atoms with E-state index in [1.54, 1.807) is 0 Å². The van der Waals surface area contributed by atoms with Crippen molar-refractivity contribution in [2.75, 3.05) is 13.2 Å². The van der Waals surface area contributed by atoms with Gasteiger partial charge in [0.05, 0.1) is 0 Å². The predicted molar refractivity (Wildman–Crippen MR) is 330 cm³/mol. The molecule has 0 heterocycles. The van der Waals surface area contributed by atoms with E-state index >= 15 is 0 Å². The van der Waals surface area contributed by atoms with Gasteiger partial charge in [0.25, 0.3) is 0 Å². The number of hydrogen-bond donors (Lipinski definition) is 0. The van der Waals surface area contributed by atoms with Gasteiger partial charge in [-0.15, -0.1) is 0 Å². The molecule has 0 spiro atoms. The van der Waals surface area contributed by atoms with Crippen LogP contribution in [0.5, 0.6) is 0 Å². The van der Waals surface area contributed by atoms with E-state index in [2.05, 4.69) is 142 Å². The number of ether oxygens (including phenoxy) is 3. The second-order valence-corrected chi connectivity index (χ2v) is 20.6. The number of allylic oxidation sites excluding steroid dienone is 20. The number of hydrogen-bond acceptors (Lipinski definition) is 6. The molecular weight excluding hydrogens is 937 g/mol. The molecule has 1 atom stereocenters. The van der Waals surface area contributed by atoms with Gasteiger partial charge in [0.1, 0.15) is 13.2 Å². The van der Waals surface area contributed by atoms with Crippen LogP contribution in [-0.4, -0.2) is 37.2 Å². The molecule has 0 N–H and O–H groups in total. The van der Waals surface area contributed by atoms with Crippen molar-refractivity contribution in [2.24, 2.45) is 0 Å². The highest BCUT2D eigenvalue weighted by atomic mass is 16.6. The van der Waals surface area contributed by atoms with E-state index < -0.39 is 6.10 Å². The maximum absolute atomic E-state index is 12.9. The Hall–Kier alpha value is -4.19. The molecule has 432 valence electrons. The van der Waals surface area contributed by atoms with E-state index in [0.29, 0.717) is 19.3 Å². The van der Waals surface area contributed by atoms with Crippen LogP contribution < -0.4 is 0 Å². The van der Waals surface area contributed by atoms with Gasteiger partial charge in [-0.05, 0) is 116 Å². The van der Waals surface area contributed by atoms with Gasteiger partial charge in [0, 0.05) is 19.3 Å². The van der Waals surface area contributed by atoms with E-state index in [1.165, 1.54) is 116 Å². The quantitative estimate of drug-likeness (QED) is 0.0261. The second kappa shape index (κ2) is 63.3. The molecule has 0 saturated heterocycles. The molecule has 0 aromatic rings. The standard InChI is InChI=1S/C70H116O6/c1-4-7-10-13-16-19-22-25-27-28-29-30-31-32-33-34-35-36-37-38-39-40-41-42-43-46-48-51-54-57-60-63-69(72)75-66-67(65-74-68(71)62-59-56-53-50-47-44-24-21-18-15-12-9-6-3)76-70(73)64-61-58-55-52-49-45-26-23-20-17-14-11-8-5-2/h7,10,16,19,21,24-25,27,29-30,32-33,35-36,38-39,41-42,46,48,67H,4-6,8-9,11-15,17-18,20,22-23,26,28,31,34,37,40,43-45,47,49-66H2,1-3H3/b10-7-,19-16-,24-21-,27-25-,30-29-,33-32-,36-35-,39-38-,42-41-,48-46-. The van der Waals surface area contributed by atoms with E-state index in [9.17, 15) is 14.4 Å². The van der Waals surface area contributed by atoms with Crippen molar-refractivity contribution in [3.63, 3.8) is 0 Å². The van der Waals surface area contributed by atoms with E-state index in [-0.39, 0.29) is 31.1 Å². The first-order valence-corrected chi connectivity index (χ1v) is 31.5. The lowest BCUT2D eigenvalue weighted by Crippen LogP contribution is -2.30. The van der Waals surface area contributed by atoms with Crippen LogP contribution in [0, 0.1) is 0 Å². The molecule has 0 radical (unpaired) electrons. The first-order valence-electron chi connectivity index (χ1n) is 31.5. The molecule has 6 nitrogen and oxygen atoms in total. The summed E-state index contributed by atoms with van der Waals surface area (Å²) in [6, 6.07) is 0. The van der Waals surface area contributed by atoms with Gasteiger partial charge in [0.15, 0.2) is 6.10 Å². The molecule has 0 aliphatic rings. The largest absolute Gasteiger partial charge is 0.462 e. The van der Waals surface area contributed by atoms with Crippen molar-refractivity contribution < 1.29 is 28.6 Å². The molecule has 0 aromatic carbocycles. The van der Waals surface area contributed by atoms with Crippen LogP contribution in [0.1, 0.15) is 284 Å². The summed E-state index contributed by atoms with van der Waals surface area (Å²) in [4.78, 5) is 38.2. The van der Waals surface area contributed by atoms with E-state index in [1.807, 2.05) is 0 Å². The monoisotopic (exact) mass is 1050 g/mol. The average Bonchev–Trinajstić information content (AvgIpc) is 3.42. The Kier molecular flexibility index (Phi) is 59.9. The van der Waals surface area contributed by atoms with Crippen LogP contribution in [0.25, 0.3) is 0 Å². The summed E-state index contributed by atoms with van der Waals surface area (Å²) < 4.78 is 16.9. The Morgan fingerprint density at radius 3 is 0.842 bits per heavy atom. The summed E-state index contributed by atoms with van der Waals surface area (Å²) in [6.45, 7) is 6.49. The lowest BCUT2D eigenvalue weighted by molar-refractivity contribution is -0.167. The summed E-state index contributed by atoms with van der Waals surface area (Å²) in [5, 5.41) is 0. The van der Waals surface area contributed by atoms with Gasteiger partial charge < -0.3 is 14.2 Å². The smallest absolute Gasteiger partial charge is 0.306 e. The van der Waals surface area contributed by atoms with Crippen molar-refractivity contribution >= 4 is 17.9 Å². The summed E-state index contributed by atoms with van der Waals surface area (Å²) in [5.41, 5.74) is 0. The highest BCUT2D eigenvalue weighted by molar-refractivity contribution is 5.71. The van der Waals surface area contributed by atoms with Crippen molar-refractivity contribution in [1.29, 1.82) is 0 Å². The van der Waals surface area contributed by atoms with E-state index in [4.69, 9.17) is 14.2 Å². The number of rotatable bonds is 56. The Balaban J connectivity index is 4.35. The maximum Gasteiger partial charge on any atom is 0.306 e. The summed E-state index contributed by atoms with van der Waals surface area (Å²) in [6.07, 6.45) is 87.7. The Labute approximate surface area is 469 Å². The third kappa shape index (κ3) is 60.7. The molecule has 0 aromatic heterocycles. The molecule has 0 rings (SSSR count). The molecule has 0 bridgehead atoms. The SMILES string of the molecule is CC/C=C\C/C=C\C/C=C\C/C=C\C/C=C\C/C=C\C/C=C\C/C=C\C/C=C\CCCCCC(=O)OCC(COC(=O)CCCCCCC/C=C\CCCCCC)OC(=O)CCCCCCCCCCCCCCCC. The fourth-order valence-corrected chi connectivity index (χ4v) is 8.49. The van der Waals surface area contributed by atoms with Crippen molar-refractivity contribution in [1.82, 2.24) is 0 Å². The number of unbranched alkanes of at least 4 members (excludes halogenated alkanes) is 25. The highest BCUT2D eigenvalue weighted by Crippen LogP contribution is 2.15. The number of esters is 3. The second-order valence-electron chi connectivity index (χ2n) is 20.6. The van der Waals surface area contributed by atoms with Crippen LogP contribution in [0.15, 0.2) is 122 Å². The highest BCUT2D eigenvalue weighted by Gasteiger charge is 2.19. The third-order valence-corrected chi connectivity index (χ3v) is 13.2. The minimum Gasteiger partial charge on any atom is -0.462 e. The predicted octanol–water partition coefficient (Wildman–Crippen LogP) is 21.6. The van der Waals surface area contributed by atoms with Crippen molar-refractivity contribution in [2.45, 2.75) is 290 Å². The van der Waals surface area contributed by atoms with Gasteiger partial charge in [-0.25, -0.2) is 0 Å². The number of carbonyl (C=O) groups excluding carboxylic acids is 3. The summed E-state index contributed by atoms with van der Waals surface area (Å²) in [5.74, 6) is -0.930. The normalized spacial score (nSPS) is 12.9. The molecule has 0 amide bonds. The Morgan fingerprint density at radius 1 is 0.276 bits per heavy atom. The van der Waals surface area contributed by atoms with Crippen molar-refractivity contribution in [3.8, 4) is 0 Å². The summed E-state index contributed by atoms with van der Waals surface area (Å²) >= 11 is 0. The van der Waals surface area contributed by atoms with Gasteiger partial charge in [-0.1, -0.05) is 271 Å². The Bertz CT molecular complexity index is 1590. The molecule has 0 fully saturated rings. The van der Waals surface area contributed by atoms with Crippen LogP contribution in [0.2, 0.25) is 0 Å². The van der Waals surface area contributed by atoms with Crippen LogP contribution in [0.4, 0.5) is 0 Å². The molecule has 1 unspecified atom stereocenters. The number of carbonyl (C=O) groups is 3. The van der Waals surface area contributed by atoms with Crippen LogP contribution in [0.3, 0.4) is 0 Å². The lowest BCUT2D eigenvalue weighted by Gasteiger charge is -2.18. The first-order chi connectivity index (χ1) is 37.5. The third-order valence-electron chi connectivity index (χ3n) is 13.2. The maximum atomic E-state index is 12.9. The van der Waals surface area contributed by atoms with Gasteiger partial charge in [-0.3, -0.25) is 14.4 Å². The molecule has 0 aliphatic carbocycles. The van der Waals surface area contributed by atoms with Gasteiger partial charge in [-0.2, -0.15) is 0 Å². The fraction of sp³-hybridized carbons (Fsp3) is 0.671. The zero-order chi connectivity index (χ0) is 55.0. The minimum atomic E-state index is -0.796. The van der Waals surface area contributed by atoms with Gasteiger partial charge >= 0.3 is 17.9 Å². The zero-order valence-corrected chi connectivity index (χ0v) is 49.5. The topological polar surface area (TPSA) is 78.9 Å². The zero-order valence-electron chi connectivity index (χ0n) is 49.5. The summed E-state index contributed by atoms with van der Waals surface area (Å²) in [7, 11) is 0. The van der Waals surface area contributed by atoms with Crippen LogP contribution >= 0.6 is 0 Å². The lowest BCUT2D eigenvalue weighted by atomic mass is 10.0. The molecular formula is C70H116O6. The van der Waals surface area contributed by atoms with E-state index in [0.717, 1.165) is 128 Å². The average molecular weight is 1050 g/mol. The molecule has 0 aliphatic heterocycles.